The molecule has 22 heavy (non-hydrogen) atoms. The average Bonchev–Trinajstić information content (AvgIpc) is 2.97. The van der Waals surface area contributed by atoms with Crippen molar-refractivity contribution in [2.24, 2.45) is 0 Å². The molecule has 0 saturated heterocycles. The molecule has 0 atom stereocenters. The highest BCUT2D eigenvalue weighted by atomic mass is 32.1. The molecule has 1 aromatic heterocycles. The summed E-state index contributed by atoms with van der Waals surface area (Å²) in [6.07, 6.45) is 6.45. The molecule has 5 nitrogen and oxygen atoms in total. The van der Waals surface area contributed by atoms with Crippen LogP contribution in [0.2, 0.25) is 0 Å². The van der Waals surface area contributed by atoms with Gasteiger partial charge in [-0.05, 0) is 49.0 Å². The summed E-state index contributed by atoms with van der Waals surface area (Å²) in [5, 5.41) is 3.15. The number of hydrogen-bond donors (Lipinski definition) is 1. The van der Waals surface area contributed by atoms with Crippen molar-refractivity contribution in [2.75, 3.05) is 19.5 Å². The molecule has 0 saturated carbocycles. The maximum absolute atomic E-state index is 11.4. The molecule has 2 aromatic rings. The van der Waals surface area contributed by atoms with Crippen LogP contribution in [-0.2, 0) is 4.74 Å². The Hall–Kier alpha value is -2.08. The molecule has 6 heteroatoms. The number of fused-ring (bicyclic) bond motifs is 1. The Labute approximate surface area is 133 Å². The number of carbonyl (C=O) groups is 1. The molecule has 1 aliphatic rings. The smallest absolute Gasteiger partial charge is 0.413 e. The first kappa shape index (κ1) is 14.8. The van der Waals surface area contributed by atoms with Crippen LogP contribution in [0.5, 0.6) is 5.75 Å². The van der Waals surface area contributed by atoms with E-state index in [0.717, 1.165) is 23.1 Å². The van der Waals surface area contributed by atoms with E-state index in [-0.39, 0.29) is 0 Å². The number of allylic oxidation sites excluding steroid dienone is 2. The fourth-order valence-electron chi connectivity index (χ4n) is 2.68. The van der Waals surface area contributed by atoms with Gasteiger partial charge in [0.2, 0.25) is 0 Å². The zero-order valence-corrected chi connectivity index (χ0v) is 13.5. The van der Waals surface area contributed by atoms with Crippen LogP contribution < -0.4 is 10.1 Å². The highest BCUT2D eigenvalue weighted by molar-refractivity contribution is 7.22. The zero-order valence-electron chi connectivity index (χ0n) is 12.6. The summed E-state index contributed by atoms with van der Waals surface area (Å²) < 4.78 is 11.1. The van der Waals surface area contributed by atoms with Gasteiger partial charge in [0.15, 0.2) is 5.13 Å². The monoisotopic (exact) mass is 318 g/mol. The topological polar surface area (TPSA) is 60.5 Å². The molecule has 1 heterocycles. The second-order valence-corrected chi connectivity index (χ2v) is 6.10. The summed E-state index contributed by atoms with van der Waals surface area (Å²) in [6, 6.07) is 4.02. The summed E-state index contributed by atoms with van der Waals surface area (Å²) in [6.45, 7) is 0. The molecule has 1 N–H and O–H groups in total. The van der Waals surface area contributed by atoms with E-state index in [4.69, 9.17) is 4.74 Å². The molecular formula is C16H18N2O3S. The lowest BCUT2D eigenvalue weighted by molar-refractivity contribution is 0.187. The zero-order chi connectivity index (χ0) is 15.5. The number of nitrogens with one attached hydrogen (secondary N) is 1. The molecule has 0 fully saturated rings. The summed E-state index contributed by atoms with van der Waals surface area (Å²) in [4.78, 5) is 15.9. The second-order valence-electron chi connectivity index (χ2n) is 5.10. The number of benzene rings is 1. The Morgan fingerprint density at radius 1 is 1.32 bits per heavy atom. The first-order chi connectivity index (χ1) is 10.7. The molecule has 0 radical (unpaired) electrons. The van der Waals surface area contributed by atoms with Crippen LogP contribution in [0.25, 0.3) is 15.8 Å². The van der Waals surface area contributed by atoms with Crippen molar-refractivity contribution in [2.45, 2.75) is 25.7 Å². The van der Waals surface area contributed by atoms with Crippen molar-refractivity contribution in [1.29, 1.82) is 0 Å². The van der Waals surface area contributed by atoms with E-state index in [1.165, 1.54) is 42.4 Å². The molecule has 3 rings (SSSR count). The normalized spacial score (nSPS) is 14.5. The summed E-state index contributed by atoms with van der Waals surface area (Å²) in [5.74, 6) is 0.712. The van der Waals surface area contributed by atoms with Crippen LogP contribution >= 0.6 is 11.3 Å². The SMILES string of the molecule is COC(=O)Nc1nc2c(OC)ccc(C3=CCCCC3)c2s1. The lowest BCUT2D eigenvalue weighted by atomic mass is 9.93. The molecule has 0 unspecified atom stereocenters. The van der Waals surface area contributed by atoms with E-state index < -0.39 is 6.09 Å². The van der Waals surface area contributed by atoms with Gasteiger partial charge < -0.3 is 9.47 Å². The van der Waals surface area contributed by atoms with Gasteiger partial charge in [0.05, 0.1) is 18.9 Å². The van der Waals surface area contributed by atoms with Crippen molar-refractivity contribution in [3.63, 3.8) is 0 Å². The maximum atomic E-state index is 11.4. The van der Waals surface area contributed by atoms with Crippen molar-refractivity contribution >= 4 is 38.4 Å². The average molecular weight is 318 g/mol. The van der Waals surface area contributed by atoms with Gasteiger partial charge in [-0.25, -0.2) is 9.78 Å². The number of aromatic nitrogens is 1. The minimum absolute atomic E-state index is 0.517. The van der Waals surface area contributed by atoms with E-state index in [0.29, 0.717) is 10.9 Å². The number of thiazole rings is 1. The summed E-state index contributed by atoms with van der Waals surface area (Å²) in [5.41, 5.74) is 3.32. The number of methoxy groups -OCH3 is 2. The predicted molar refractivity (Wildman–Crippen MR) is 88.6 cm³/mol. The minimum Gasteiger partial charge on any atom is -0.494 e. The van der Waals surface area contributed by atoms with Crippen molar-refractivity contribution in [3.05, 3.63) is 23.8 Å². The third-order valence-electron chi connectivity index (χ3n) is 3.76. The Kier molecular flexibility index (Phi) is 4.29. The third kappa shape index (κ3) is 2.78. The fraction of sp³-hybridized carbons (Fsp3) is 0.375. The van der Waals surface area contributed by atoms with E-state index in [1.54, 1.807) is 7.11 Å². The molecule has 116 valence electrons. The van der Waals surface area contributed by atoms with Crippen molar-refractivity contribution in [3.8, 4) is 5.75 Å². The van der Waals surface area contributed by atoms with Gasteiger partial charge in [0, 0.05) is 0 Å². The van der Waals surface area contributed by atoms with Crippen molar-refractivity contribution in [1.82, 2.24) is 4.98 Å². The van der Waals surface area contributed by atoms with E-state index in [9.17, 15) is 4.79 Å². The van der Waals surface area contributed by atoms with Gasteiger partial charge in [-0.3, -0.25) is 5.32 Å². The first-order valence-corrected chi connectivity index (χ1v) is 8.06. The van der Waals surface area contributed by atoms with E-state index >= 15 is 0 Å². The summed E-state index contributed by atoms with van der Waals surface area (Å²) in [7, 11) is 2.96. The van der Waals surface area contributed by atoms with Crippen LogP contribution in [-0.4, -0.2) is 25.3 Å². The molecule has 1 aromatic carbocycles. The Morgan fingerprint density at radius 3 is 2.86 bits per heavy atom. The number of rotatable bonds is 3. The molecule has 0 aliphatic heterocycles. The second kappa shape index (κ2) is 6.36. The number of amides is 1. The van der Waals surface area contributed by atoms with Gasteiger partial charge >= 0.3 is 6.09 Å². The van der Waals surface area contributed by atoms with Crippen LogP contribution in [0.15, 0.2) is 18.2 Å². The number of carbonyl (C=O) groups excluding carboxylic acids is 1. The van der Waals surface area contributed by atoms with Gasteiger partial charge in [0.25, 0.3) is 0 Å². The lowest BCUT2D eigenvalue weighted by Gasteiger charge is -2.14. The molecule has 0 spiro atoms. The number of ether oxygens (including phenoxy) is 2. The largest absolute Gasteiger partial charge is 0.494 e. The molecule has 1 amide bonds. The highest BCUT2D eigenvalue weighted by Crippen LogP contribution is 2.40. The van der Waals surface area contributed by atoms with Gasteiger partial charge in [0.1, 0.15) is 11.3 Å². The number of anilines is 1. The Bertz CT molecular complexity index is 736. The van der Waals surface area contributed by atoms with Gasteiger partial charge in [-0.1, -0.05) is 17.4 Å². The molecule has 1 aliphatic carbocycles. The predicted octanol–water partition coefficient (Wildman–Crippen LogP) is 4.44. The Balaban J connectivity index is 2.09. The summed E-state index contributed by atoms with van der Waals surface area (Å²) >= 11 is 1.45. The lowest BCUT2D eigenvalue weighted by Crippen LogP contribution is -2.10. The van der Waals surface area contributed by atoms with Crippen LogP contribution in [0.4, 0.5) is 9.93 Å². The number of nitrogens with zero attached hydrogens (tertiary/aromatic N) is 1. The van der Waals surface area contributed by atoms with E-state index in [2.05, 4.69) is 27.2 Å². The van der Waals surface area contributed by atoms with Crippen LogP contribution in [0.3, 0.4) is 0 Å². The Morgan fingerprint density at radius 2 is 2.18 bits per heavy atom. The standard InChI is InChI=1S/C16H18N2O3S/c1-20-12-9-8-11(10-6-4-3-5-7-10)14-13(12)17-15(22-14)18-16(19)21-2/h6,8-9H,3-5,7H2,1-2H3,(H,17,18,19). The fourth-order valence-corrected chi connectivity index (χ4v) is 3.69. The van der Waals surface area contributed by atoms with E-state index in [1.807, 2.05) is 6.07 Å². The van der Waals surface area contributed by atoms with Crippen LogP contribution in [0.1, 0.15) is 31.2 Å². The van der Waals surface area contributed by atoms with Crippen molar-refractivity contribution < 1.29 is 14.3 Å². The van der Waals surface area contributed by atoms with Gasteiger partial charge in [-0.2, -0.15) is 0 Å². The van der Waals surface area contributed by atoms with Gasteiger partial charge in [-0.15, -0.1) is 0 Å². The third-order valence-corrected chi connectivity index (χ3v) is 4.76. The first-order valence-electron chi connectivity index (χ1n) is 7.25. The highest BCUT2D eigenvalue weighted by Gasteiger charge is 2.17. The molecular weight excluding hydrogens is 300 g/mol. The number of hydrogen-bond acceptors (Lipinski definition) is 5. The maximum Gasteiger partial charge on any atom is 0.413 e. The quantitative estimate of drug-likeness (QED) is 0.909. The minimum atomic E-state index is -0.517. The molecule has 0 bridgehead atoms. The van der Waals surface area contributed by atoms with Crippen LogP contribution in [0, 0.1) is 0 Å².